The first-order valence-corrected chi connectivity index (χ1v) is 9.84. The summed E-state index contributed by atoms with van der Waals surface area (Å²) in [6, 6.07) is 23.5. The number of anilines is 1. The van der Waals surface area contributed by atoms with Crippen molar-refractivity contribution in [2.45, 2.75) is 13.6 Å². The predicted octanol–water partition coefficient (Wildman–Crippen LogP) is 5.15. The third kappa shape index (κ3) is 2.87. The maximum absolute atomic E-state index is 13.5. The zero-order valence-corrected chi connectivity index (χ0v) is 16.9. The molecule has 0 N–H and O–H groups in total. The Morgan fingerprint density at radius 2 is 1.70 bits per heavy atom. The Hall–Kier alpha value is -3.86. The molecule has 30 heavy (non-hydrogen) atoms. The van der Waals surface area contributed by atoms with Crippen molar-refractivity contribution in [2.75, 3.05) is 12.0 Å². The predicted molar refractivity (Wildman–Crippen MR) is 118 cm³/mol. The van der Waals surface area contributed by atoms with E-state index in [-0.39, 0.29) is 5.91 Å². The quantitative estimate of drug-likeness (QED) is 0.482. The van der Waals surface area contributed by atoms with Gasteiger partial charge in [-0.05, 0) is 48.9 Å². The summed E-state index contributed by atoms with van der Waals surface area (Å²) in [6.45, 7) is 2.37. The molecule has 3 aromatic carbocycles. The minimum atomic E-state index is -0.0134. The lowest BCUT2D eigenvalue weighted by molar-refractivity contribution is 0.0978. The van der Waals surface area contributed by atoms with Crippen LogP contribution >= 0.6 is 0 Å². The van der Waals surface area contributed by atoms with E-state index in [1.165, 1.54) is 0 Å². The number of para-hydroxylation sites is 1. The van der Waals surface area contributed by atoms with Crippen molar-refractivity contribution in [3.05, 3.63) is 90.1 Å². The summed E-state index contributed by atoms with van der Waals surface area (Å²) in [4.78, 5) is 20.0. The van der Waals surface area contributed by atoms with Gasteiger partial charge in [0.2, 0.25) is 0 Å². The largest absolute Gasteiger partial charge is 0.497 e. The Morgan fingerprint density at radius 1 is 0.967 bits per heavy atom. The van der Waals surface area contributed by atoms with E-state index >= 15 is 0 Å². The van der Waals surface area contributed by atoms with E-state index in [0.29, 0.717) is 12.2 Å². The molecule has 0 aliphatic carbocycles. The van der Waals surface area contributed by atoms with Gasteiger partial charge in [0, 0.05) is 16.7 Å². The number of rotatable bonds is 3. The van der Waals surface area contributed by atoms with E-state index in [9.17, 15) is 4.79 Å². The number of imidazole rings is 1. The van der Waals surface area contributed by atoms with Crippen LogP contribution in [0, 0.1) is 6.92 Å². The van der Waals surface area contributed by atoms with Crippen molar-refractivity contribution in [2.24, 2.45) is 0 Å². The fourth-order valence-electron chi connectivity index (χ4n) is 3.98. The van der Waals surface area contributed by atoms with Crippen LogP contribution in [0.25, 0.3) is 22.6 Å². The molecule has 5 nitrogen and oxygen atoms in total. The van der Waals surface area contributed by atoms with Crippen molar-refractivity contribution < 1.29 is 9.53 Å². The number of aromatic nitrogens is 2. The number of methoxy groups -OCH3 is 1. The highest BCUT2D eigenvalue weighted by atomic mass is 16.5. The van der Waals surface area contributed by atoms with Gasteiger partial charge in [-0.15, -0.1) is 0 Å². The molecule has 0 radical (unpaired) electrons. The van der Waals surface area contributed by atoms with E-state index in [2.05, 4.69) is 4.57 Å². The molecule has 5 rings (SSSR count). The Balaban J connectivity index is 1.63. The maximum atomic E-state index is 13.5. The molecule has 148 valence electrons. The van der Waals surface area contributed by atoms with Gasteiger partial charge in [-0.1, -0.05) is 36.4 Å². The Morgan fingerprint density at radius 3 is 2.47 bits per heavy atom. The summed E-state index contributed by atoms with van der Waals surface area (Å²) < 4.78 is 7.37. The number of aryl methyl sites for hydroxylation is 1. The lowest BCUT2D eigenvalue weighted by Crippen LogP contribution is -2.36. The summed E-state index contributed by atoms with van der Waals surface area (Å²) in [5, 5.41) is 0. The van der Waals surface area contributed by atoms with Gasteiger partial charge in [0.15, 0.2) is 0 Å². The molecule has 0 saturated heterocycles. The molecule has 0 bridgehead atoms. The molecule has 4 aromatic rings. The van der Waals surface area contributed by atoms with Gasteiger partial charge in [0.1, 0.15) is 18.2 Å². The first kappa shape index (κ1) is 18.2. The van der Waals surface area contributed by atoms with Crippen LogP contribution < -0.4 is 9.64 Å². The fraction of sp³-hybridized carbons (Fsp3) is 0.120. The second-order valence-corrected chi connectivity index (χ2v) is 7.33. The molecule has 1 amide bonds. The molecule has 2 heterocycles. The smallest absolute Gasteiger partial charge is 0.260 e. The SMILES string of the molecule is COc1ccc(-c2ncc3n2CN(C(=O)c2ccccc2C)c2ccccc2-3)cc1. The minimum absolute atomic E-state index is 0.0134. The van der Waals surface area contributed by atoms with Crippen molar-refractivity contribution in [1.29, 1.82) is 0 Å². The van der Waals surface area contributed by atoms with Crippen LogP contribution in [-0.4, -0.2) is 22.6 Å². The molecule has 1 aliphatic rings. The summed E-state index contributed by atoms with van der Waals surface area (Å²) >= 11 is 0. The third-order valence-electron chi connectivity index (χ3n) is 5.58. The van der Waals surface area contributed by atoms with E-state index in [1.54, 1.807) is 7.11 Å². The molecule has 1 aliphatic heterocycles. The summed E-state index contributed by atoms with van der Waals surface area (Å²) in [7, 11) is 1.65. The van der Waals surface area contributed by atoms with Gasteiger partial charge >= 0.3 is 0 Å². The number of carbonyl (C=O) groups excluding carboxylic acids is 1. The van der Waals surface area contributed by atoms with E-state index < -0.39 is 0 Å². The number of hydrogen-bond acceptors (Lipinski definition) is 3. The topological polar surface area (TPSA) is 47.4 Å². The molecule has 0 saturated carbocycles. The van der Waals surface area contributed by atoms with Crippen molar-refractivity contribution in [3.63, 3.8) is 0 Å². The molecule has 5 heteroatoms. The highest BCUT2D eigenvalue weighted by molar-refractivity contribution is 6.09. The van der Waals surface area contributed by atoms with Gasteiger partial charge in [0.25, 0.3) is 5.91 Å². The minimum Gasteiger partial charge on any atom is -0.497 e. The Labute approximate surface area is 175 Å². The third-order valence-corrected chi connectivity index (χ3v) is 5.58. The van der Waals surface area contributed by atoms with Crippen LogP contribution in [0.3, 0.4) is 0 Å². The van der Waals surface area contributed by atoms with Crippen LogP contribution in [0.2, 0.25) is 0 Å². The molecule has 0 atom stereocenters. The van der Waals surface area contributed by atoms with Crippen LogP contribution in [-0.2, 0) is 6.67 Å². The molecule has 0 unspecified atom stereocenters. The van der Waals surface area contributed by atoms with Gasteiger partial charge in [0.05, 0.1) is 24.7 Å². The average Bonchev–Trinajstić information content (AvgIpc) is 3.23. The van der Waals surface area contributed by atoms with Gasteiger partial charge in [-0.3, -0.25) is 9.69 Å². The van der Waals surface area contributed by atoms with E-state index in [1.807, 2.05) is 90.8 Å². The zero-order chi connectivity index (χ0) is 20.7. The number of benzene rings is 3. The van der Waals surface area contributed by atoms with Crippen LogP contribution in [0.1, 0.15) is 15.9 Å². The molecule has 0 fully saturated rings. The zero-order valence-electron chi connectivity index (χ0n) is 16.9. The van der Waals surface area contributed by atoms with Crippen molar-refractivity contribution in [3.8, 4) is 28.4 Å². The standard InChI is InChI=1S/C25H21N3O2/c1-17-7-3-4-8-20(17)25(29)28-16-27-23(21-9-5-6-10-22(21)28)15-26-24(27)18-11-13-19(30-2)14-12-18/h3-15H,16H2,1-2H3. The maximum Gasteiger partial charge on any atom is 0.260 e. The fourth-order valence-corrected chi connectivity index (χ4v) is 3.98. The number of amides is 1. The molecular formula is C25H21N3O2. The van der Waals surface area contributed by atoms with Gasteiger partial charge in [-0.25, -0.2) is 4.98 Å². The summed E-state index contributed by atoms with van der Waals surface area (Å²) in [5.41, 5.74) is 5.56. The summed E-state index contributed by atoms with van der Waals surface area (Å²) in [6.07, 6.45) is 1.88. The molecule has 1 aromatic heterocycles. The Bertz CT molecular complexity index is 1240. The second-order valence-electron chi connectivity index (χ2n) is 7.33. The van der Waals surface area contributed by atoms with Gasteiger partial charge in [-0.2, -0.15) is 0 Å². The van der Waals surface area contributed by atoms with Crippen molar-refractivity contribution >= 4 is 11.6 Å². The first-order valence-electron chi connectivity index (χ1n) is 9.84. The Kier molecular flexibility index (Phi) is 4.36. The number of hydrogen-bond donors (Lipinski definition) is 0. The first-order chi connectivity index (χ1) is 14.7. The van der Waals surface area contributed by atoms with Crippen LogP contribution in [0.5, 0.6) is 5.75 Å². The van der Waals surface area contributed by atoms with Crippen LogP contribution in [0.4, 0.5) is 5.69 Å². The number of fused-ring (bicyclic) bond motifs is 3. The normalized spacial score (nSPS) is 12.3. The van der Waals surface area contributed by atoms with E-state index in [0.717, 1.165) is 39.6 Å². The van der Waals surface area contributed by atoms with Crippen LogP contribution in [0.15, 0.2) is 79.0 Å². The number of carbonyl (C=O) groups is 1. The highest BCUT2D eigenvalue weighted by Crippen LogP contribution is 2.39. The summed E-state index contributed by atoms with van der Waals surface area (Å²) in [5.74, 6) is 1.61. The molecule has 0 spiro atoms. The molecular weight excluding hydrogens is 374 g/mol. The van der Waals surface area contributed by atoms with E-state index in [4.69, 9.17) is 9.72 Å². The number of ether oxygens (including phenoxy) is 1. The van der Waals surface area contributed by atoms with Gasteiger partial charge < -0.3 is 9.30 Å². The van der Waals surface area contributed by atoms with Crippen molar-refractivity contribution in [1.82, 2.24) is 9.55 Å². The monoisotopic (exact) mass is 395 g/mol. The lowest BCUT2D eigenvalue weighted by Gasteiger charge is -2.32. The lowest BCUT2D eigenvalue weighted by atomic mass is 10.0. The number of nitrogens with zero attached hydrogens (tertiary/aromatic N) is 3. The second kappa shape index (κ2) is 7.19. The average molecular weight is 395 g/mol. The highest BCUT2D eigenvalue weighted by Gasteiger charge is 2.29.